The zero-order chi connectivity index (χ0) is 13.8. The molecule has 1 aromatic heterocycles. The highest BCUT2D eigenvalue weighted by atomic mass is 35.5. The minimum Gasteiger partial charge on any atom is -0.347 e. The number of piperidine rings is 1. The lowest BCUT2D eigenvalue weighted by atomic mass is 10.00. The highest BCUT2D eigenvalue weighted by Crippen LogP contribution is 2.20. The highest BCUT2D eigenvalue weighted by Gasteiger charge is 2.24. The van der Waals surface area contributed by atoms with E-state index in [2.05, 4.69) is 29.5 Å². The van der Waals surface area contributed by atoms with Gasteiger partial charge in [-0.15, -0.1) is 36.2 Å². The number of carbonyl (C=O) groups excluding carboxylic acids is 1. The number of hydrogen-bond acceptors (Lipinski definition) is 4. The molecule has 1 aliphatic rings. The van der Waals surface area contributed by atoms with Crippen LogP contribution in [0.25, 0.3) is 0 Å². The second kappa shape index (κ2) is 9.62. The molecule has 0 bridgehead atoms. The van der Waals surface area contributed by atoms with E-state index >= 15 is 0 Å². The second-order valence-corrected chi connectivity index (χ2v) is 6.32. The summed E-state index contributed by atoms with van der Waals surface area (Å²) in [7, 11) is 0. The lowest BCUT2D eigenvalue weighted by Crippen LogP contribution is -2.51. The largest absolute Gasteiger partial charge is 0.347 e. The van der Waals surface area contributed by atoms with E-state index in [4.69, 9.17) is 0 Å². The normalized spacial score (nSPS) is 21.1. The predicted octanol–water partition coefficient (Wildman–Crippen LogP) is 3.12. The van der Waals surface area contributed by atoms with Crippen LogP contribution < -0.4 is 10.6 Å². The first-order valence-corrected chi connectivity index (χ1v) is 7.94. The van der Waals surface area contributed by atoms with Gasteiger partial charge in [-0.05, 0) is 46.1 Å². The summed E-state index contributed by atoms with van der Waals surface area (Å²) < 4.78 is 0. The molecule has 0 aliphatic carbocycles. The van der Waals surface area contributed by atoms with Crippen LogP contribution >= 0.6 is 36.2 Å². The van der Waals surface area contributed by atoms with E-state index in [0.29, 0.717) is 6.04 Å². The Bertz CT molecular complexity index is 453. The standard InChI is InChI=1S/C14H23N3OS.2ClH/c1-4-6-12-16-10(3)13(19-12)14(18)17-11-7-5-8-15-9(11)2;;/h9,11,15H,4-8H2,1-3H3,(H,17,18);2*1H. The van der Waals surface area contributed by atoms with Crippen LogP contribution in [-0.2, 0) is 6.42 Å². The molecule has 2 N–H and O–H groups in total. The molecule has 4 nitrogen and oxygen atoms in total. The Morgan fingerprint density at radius 1 is 1.48 bits per heavy atom. The molecule has 1 aliphatic heterocycles. The quantitative estimate of drug-likeness (QED) is 0.874. The Balaban J connectivity index is 0.00000200. The summed E-state index contributed by atoms with van der Waals surface area (Å²) in [5.41, 5.74) is 0.863. The van der Waals surface area contributed by atoms with Crippen molar-refractivity contribution in [2.24, 2.45) is 0 Å². The maximum Gasteiger partial charge on any atom is 0.263 e. The van der Waals surface area contributed by atoms with Gasteiger partial charge in [0.05, 0.1) is 10.7 Å². The summed E-state index contributed by atoms with van der Waals surface area (Å²) in [6, 6.07) is 0.582. The third kappa shape index (κ3) is 5.40. The number of halogens is 2. The van der Waals surface area contributed by atoms with Crippen LogP contribution in [0.3, 0.4) is 0 Å². The van der Waals surface area contributed by atoms with Crippen LogP contribution in [0.5, 0.6) is 0 Å². The molecular weight excluding hydrogens is 329 g/mol. The van der Waals surface area contributed by atoms with E-state index in [1.807, 2.05) is 6.92 Å². The van der Waals surface area contributed by atoms with E-state index in [0.717, 1.165) is 47.8 Å². The first-order valence-electron chi connectivity index (χ1n) is 7.12. The van der Waals surface area contributed by atoms with E-state index in [1.54, 1.807) is 0 Å². The van der Waals surface area contributed by atoms with Gasteiger partial charge in [0.1, 0.15) is 4.88 Å². The van der Waals surface area contributed by atoms with E-state index in [-0.39, 0.29) is 36.8 Å². The molecule has 2 rings (SSSR count). The Morgan fingerprint density at radius 2 is 2.19 bits per heavy atom. The molecule has 2 atom stereocenters. The van der Waals surface area contributed by atoms with Crippen molar-refractivity contribution >= 4 is 42.1 Å². The molecule has 21 heavy (non-hydrogen) atoms. The average Bonchev–Trinajstić information content (AvgIpc) is 2.74. The van der Waals surface area contributed by atoms with E-state index in [1.165, 1.54) is 11.3 Å². The van der Waals surface area contributed by atoms with Gasteiger partial charge in [0, 0.05) is 12.1 Å². The monoisotopic (exact) mass is 353 g/mol. The highest BCUT2D eigenvalue weighted by molar-refractivity contribution is 7.13. The fraction of sp³-hybridized carbons (Fsp3) is 0.714. The van der Waals surface area contributed by atoms with Crippen molar-refractivity contribution in [3.63, 3.8) is 0 Å². The fourth-order valence-electron chi connectivity index (χ4n) is 2.46. The van der Waals surface area contributed by atoms with Crippen molar-refractivity contribution in [3.8, 4) is 0 Å². The Kier molecular flexibility index (Phi) is 9.45. The molecule has 1 aromatic rings. The number of nitrogens with one attached hydrogen (secondary N) is 2. The van der Waals surface area contributed by atoms with Gasteiger partial charge in [-0.2, -0.15) is 0 Å². The summed E-state index contributed by atoms with van der Waals surface area (Å²) in [5.74, 6) is 0.0397. The van der Waals surface area contributed by atoms with Crippen molar-refractivity contribution < 1.29 is 4.79 Å². The zero-order valence-corrected chi connectivity index (χ0v) is 15.2. The molecule has 0 radical (unpaired) electrons. The SMILES string of the molecule is CCCc1nc(C)c(C(=O)NC2CCCNC2C)s1.Cl.Cl. The molecule has 1 saturated heterocycles. The Morgan fingerprint density at radius 3 is 2.81 bits per heavy atom. The maximum atomic E-state index is 12.3. The molecular formula is C14H25Cl2N3OS. The first kappa shape index (κ1) is 20.6. The molecule has 122 valence electrons. The summed E-state index contributed by atoms with van der Waals surface area (Å²) in [6.45, 7) is 7.24. The van der Waals surface area contributed by atoms with Crippen LogP contribution in [0.2, 0.25) is 0 Å². The van der Waals surface area contributed by atoms with Crippen LogP contribution in [0.15, 0.2) is 0 Å². The molecule has 0 aromatic carbocycles. The van der Waals surface area contributed by atoms with Crippen molar-refractivity contribution in [2.75, 3.05) is 6.54 Å². The number of carbonyl (C=O) groups is 1. The third-order valence-electron chi connectivity index (χ3n) is 3.59. The maximum absolute atomic E-state index is 12.3. The molecule has 1 fully saturated rings. The van der Waals surface area contributed by atoms with Crippen LogP contribution in [0, 0.1) is 6.92 Å². The average molecular weight is 354 g/mol. The van der Waals surface area contributed by atoms with Crippen molar-refractivity contribution in [3.05, 3.63) is 15.6 Å². The smallest absolute Gasteiger partial charge is 0.263 e. The number of thiazole rings is 1. The Hall–Kier alpha value is -0.360. The summed E-state index contributed by atoms with van der Waals surface area (Å²) in [6.07, 6.45) is 4.20. The van der Waals surface area contributed by atoms with Crippen molar-refractivity contribution in [2.45, 2.75) is 58.5 Å². The van der Waals surface area contributed by atoms with Crippen LogP contribution in [0.4, 0.5) is 0 Å². The van der Waals surface area contributed by atoms with Gasteiger partial charge in [-0.1, -0.05) is 6.92 Å². The molecule has 7 heteroatoms. The van der Waals surface area contributed by atoms with Crippen LogP contribution in [-0.4, -0.2) is 29.5 Å². The number of aromatic nitrogens is 1. The van der Waals surface area contributed by atoms with Gasteiger partial charge < -0.3 is 10.6 Å². The lowest BCUT2D eigenvalue weighted by Gasteiger charge is -2.30. The minimum atomic E-state index is 0. The fourth-order valence-corrected chi connectivity index (χ4v) is 3.53. The van der Waals surface area contributed by atoms with Crippen LogP contribution in [0.1, 0.15) is 53.5 Å². The van der Waals surface area contributed by atoms with Gasteiger partial charge in [-0.3, -0.25) is 4.79 Å². The number of rotatable bonds is 4. The predicted molar refractivity (Wildman–Crippen MR) is 93.3 cm³/mol. The molecule has 2 heterocycles. The van der Waals surface area contributed by atoms with Gasteiger partial charge in [0.15, 0.2) is 0 Å². The second-order valence-electron chi connectivity index (χ2n) is 5.24. The first-order chi connectivity index (χ1) is 9.11. The number of aryl methyl sites for hydroxylation is 2. The van der Waals surface area contributed by atoms with Gasteiger partial charge in [0.25, 0.3) is 5.91 Å². The molecule has 2 unspecified atom stereocenters. The van der Waals surface area contributed by atoms with Crippen molar-refractivity contribution in [1.82, 2.24) is 15.6 Å². The summed E-state index contributed by atoms with van der Waals surface area (Å²) in [5, 5.41) is 7.62. The number of amides is 1. The minimum absolute atomic E-state index is 0. The third-order valence-corrected chi connectivity index (χ3v) is 4.81. The summed E-state index contributed by atoms with van der Waals surface area (Å²) >= 11 is 1.54. The molecule has 0 spiro atoms. The van der Waals surface area contributed by atoms with Gasteiger partial charge >= 0.3 is 0 Å². The molecule has 0 saturated carbocycles. The van der Waals surface area contributed by atoms with Gasteiger partial charge in [0.2, 0.25) is 0 Å². The van der Waals surface area contributed by atoms with E-state index < -0.39 is 0 Å². The van der Waals surface area contributed by atoms with E-state index in [9.17, 15) is 4.79 Å². The summed E-state index contributed by atoms with van der Waals surface area (Å²) in [4.78, 5) is 17.6. The zero-order valence-electron chi connectivity index (χ0n) is 12.8. The topological polar surface area (TPSA) is 54.0 Å². The van der Waals surface area contributed by atoms with Gasteiger partial charge in [-0.25, -0.2) is 4.98 Å². The number of nitrogens with zero attached hydrogens (tertiary/aromatic N) is 1. The van der Waals surface area contributed by atoms with Crippen molar-refractivity contribution in [1.29, 1.82) is 0 Å². The molecule has 1 amide bonds. The lowest BCUT2D eigenvalue weighted by molar-refractivity contribution is 0.0923. The number of hydrogen-bond donors (Lipinski definition) is 2. The Labute approximate surface area is 143 Å².